The second-order valence-electron chi connectivity index (χ2n) is 5.02. The van der Waals surface area contributed by atoms with Gasteiger partial charge in [0.05, 0.1) is 6.54 Å². The largest absolute Gasteiger partial charge is 0.385 e. The van der Waals surface area contributed by atoms with E-state index in [1.165, 1.54) is 0 Å². The molecule has 0 aromatic heterocycles. The van der Waals surface area contributed by atoms with E-state index in [4.69, 9.17) is 4.74 Å². The van der Waals surface area contributed by atoms with Crippen molar-refractivity contribution in [2.45, 2.75) is 26.8 Å². The van der Waals surface area contributed by atoms with E-state index in [2.05, 4.69) is 20.9 Å². The van der Waals surface area contributed by atoms with Crippen molar-refractivity contribution in [2.24, 2.45) is 4.99 Å². The molecule has 0 radical (unpaired) electrons. The molecule has 0 heterocycles. The van der Waals surface area contributed by atoms with Crippen molar-refractivity contribution in [3.8, 4) is 0 Å². The molecule has 1 aromatic rings. The molecule has 1 amide bonds. The number of hydrogen-bond acceptors (Lipinski definition) is 3. The number of carbonyl (C=O) groups excluding carboxylic acids is 1. The van der Waals surface area contributed by atoms with Crippen molar-refractivity contribution >= 4 is 35.8 Å². The second-order valence-corrected chi connectivity index (χ2v) is 5.02. The first-order chi connectivity index (χ1) is 11.2. The molecule has 3 N–H and O–H groups in total. The quantitative estimate of drug-likeness (QED) is 0.234. The summed E-state index contributed by atoms with van der Waals surface area (Å²) in [5, 5.41) is 9.26. The summed E-state index contributed by atoms with van der Waals surface area (Å²) < 4.78 is 5.03. The summed E-state index contributed by atoms with van der Waals surface area (Å²) in [6, 6.07) is 7.52. The van der Waals surface area contributed by atoms with Gasteiger partial charge >= 0.3 is 0 Å². The Kier molecular flexibility index (Phi) is 13.2. The molecule has 0 fully saturated rings. The minimum absolute atomic E-state index is 0. The zero-order valence-corrected chi connectivity index (χ0v) is 17.1. The molecule has 6 nitrogen and oxygen atoms in total. The fraction of sp³-hybridized carbons (Fsp3) is 0.529. The molecule has 0 saturated carbocycles. The van der Waals surface area contributed by atoms with Gasteiger partial charge in [0.25, 0.3) is 5.91 Å². The second kappa shape index (κ2) is 14.0. The third kappa shape index (κ3) is 9.07. The number of hydrogen-bond donors (Lipinski definition) is 3. The van der Waals surface area contributed by atoms with Crippen LogP contribution in [-0.2, 0) is 11.3 Å². The summed E-state index contributed by atoms with van der Waals surface area (Å²) in [6.45, 7) is 7.49. The Balaban J connectivity index is 0.00000529. The van der Waals surface area contributed by atoms with Gasteiger partial charge in [-0.05, 0) is 38.0 Å². The number of ether oxygens (including phenoxy) is 1. The number of carbonyl (C=O) groups is 1. The van der Waals surface area contributed by atoms with Gasteiger partial charge in [0.15, 0.2) is 5.96 Å². The number of nitrogens with one attached hydrogen (secondary N) is 3. The zero-order chi connectivity index (χ0) is 16.9. The van der Waals surface area contributed by atoms with Crippen LogP contribution in [-0.4, -0.2) is 45.2 Å². The van der Waals surface area contributed by atoms with Gasteiger partial charge in [0.1, 0.15) is 0 Å². The van der Waals surface area contributed by atoms with E-state index in [0.29, 0.717) is 18.7 Å². The van der Waals surface area contributed by atoms with Gasteiger partial charge in [-0.3, -0.25) is 4.79 Å². The van der Waals surface area contributed by atoms with E-state index < -0.39 is 0 Å². The van der Waals surface area contributed by atoms with Crippen molar-refractivity contribution in [1.29, 1.82) is 0 Å². The molecule has 1 aromatic carbocycles. The molecular formula is C17H29IN4O2. The Labute approximate surface area is 161 Å². The van der Waals surface area contributed by atoms with Crippen LogP contribution in [0.5, 0.6) is 0 Å². The first-order valence-electron chi connectivity index (χ1n) is 8.09. The maximum Gasteiger partial charge on any atom is 0.251 e. The summed E-state index contributed by atoms with van der Waals surface area (Å²) in [7, 11) is 1.70. The Morgan fingerprint density at radius 2 is 1.75 bits per heavy atom. The average Bonchev–Trinajstić information content (AvgIpc) is 2.57. The molecule has 0 saturated heterocycles. The standard InChI is InChI=1S/C17H28N4O2.HI/c1-4-18-16(22)15-9-7-14(8-10-15)13-21-17(19-5-2)20-11-6-12-23-3;/h7-10H,4-6,11-13H2,1-3H3,(H,18,22)(H2,19,20,21);1H. The lowest BCUT2D eigenvalue weighted by molar-refractivity contribution is 0.0956. The lowest BCUT2D eigenvalue weighted by Crippen LogP contribution is -2.38. The smallest absolute Gasteiger partial charge is 0.251 e. The van der Waals surface area contributed by atoms with Crippen LogP contribution in [0.25, 0.3) is 0 Å². The van der Waals surface area contributed by atoms with Gasteiger partial charge < -0.3 is 20.7 Å². The van der Waals surface area contributed by atoms with E-state index >= 15 is 0 Å². The van der Waals surface area contributed by atoms with Crippen LogP contribution in [0.3, 0.4) is 0 Å². The van der Waals surface area contributed by atoms with Gasteiger partial charge in [0, 0.05) is 38.9 Å². The Hall–Kier alpha value is -1.35. The fourth-order valence-electron chi connectivity index (χ4n) is 1.96. The minimum Gasteiger partial charge on any atom is -0.385 e. The molecule has 0 aliphatic carbocycles. The number of guanidine groups is 1. The monoisotopic (exact) mass is 448 g/mol. The van der Waals surface area contributed by atoms with E-state index in [0.717, 1.165) is 37.6 Å². The van der Waals surface area contributed by atoms with Crippen molar-refractivity contribution in [1.82, 2.24) is 16.0 Å². The van der Waals surface area contributed by atoms with Crippen LogP contribution < -0.4 is 16.0 Å². The number of amides is 1. The van der Waals surface area contributed by atoms with Crippen molar-refractivity contribution in [3.63, 3.8) is 0 Å². The van der Waals surface area contributed by atoms with Crippen molar-refractivity contribution in [2.75, 3.05) is 33.4 Å². The molecule has 7 heteroatoms. The number of aliphatic imine (C=N–C) groups is 1. The molecular weight excluding hydrogens is 419 g/mol. The molecule has 0 spiro atoms. The molecule has 0 atom stereocenters. The number of nitrogens with zero attached hydrogens (tertiary/aromatic N) is 1. The van der Waals surface area contributed by atoms with E-state index in [1.54, 1.807) is 7.11 Å². The summed E-state index contributed by atoms with van der Waals surface area (Å²) in [5.41, 5.74) is 1.73. The number of rotatable bonds is 9. The van der Waals surface area contributed by atoms with Crippen LogP contribution in [0.1, 0.15) is 36.2 Å². The van der Waals surface area contributed by atoms with E-state index in [1.807, 2.05) is 38.1 Å². The maximum atomic E-state index is 11.7. The predicted molar refractivity (Wildman–Crippen MR) is 109 cm³/mol. The highest BCUT2D eigenvalue weighted by molar-refractivity contribution is 14.0. The lowest BCUT2D eigenvalue weighted by Gasteiger charge is -2.11. The lowest BCUT2D eigenvalue weighted by atomic mass is 10.1. The number of halogens is 1. The average molecular weight is 448 g/mol. The van der Waals surface area contributed by atoms with Gasteiger partial charge in [-0.2, -0.15) is 0 Å². The van der Waals surface area contributed by atoms with Crippen molar-refractivity contribution in [3.05, 3.63) is 35.4 Å². The van der Waals surface area contributed by atoms with Crippen molar-refractivity contribution < 1.29 is 9.53 Å². The van der Waals surface area contributed by atoms with Crippen LogP contribution in [0, 0.1) is 0 Å². The Morgan fingerprint density at radius 1 is 1.08 bits per heavy atom. The SMILES string of the molecule is CCNC(=O)c1ccc(CN=C(NCC)NCCCOC)cc1.I. The topological polar surface area (TPSA) is 74.8 Å². The highest BCUT2D eigenvalue weighted by atomic mass is 127. The molecule has 0 bridgehead atoms. The minimum atomic E-state index is -0.0456. The Bertz CT molecular complexity index is 492. The third-order valence-corrected chi connectivity index (χ3v) is 3.14. The van der Waals surface area contributed by atoms with E-state index in [-0.39, 0.29) is 29.9 Å². The highest BCUT2D eigenvalue weighted by Gasteiger charge is 2.03. The van der Waals surface area contributed by atoms with Gasteiger partial charge in [-0.15, -0.1) is 24.0 Å². The van der Waals surface area contributed by atoms with E-state index in [9.17, 15) is 4.79 Å². The Morgan fingerprint density at radius 3 is 2.33 bits per heavy atom. The fourth-order valence-corrected chi connectivity index (χ4v) is 1.96. The molecule has 24 heavy (non-hydrogen) atoms. The normalized spacial score (nSPS) is 10.7. The molecule has 0 unspecified atom stereocenters. The third-order valence-electron chi connectivity index (χ3n) is 3.14. The first kappa shape index (κ1) is 22.6. The van der Waals surface area contributed by atoms with Gasteiger partial charge in [0.2, 0.25) is 0 Å². The summed E-state index contributed by atoms with van der Waals surface area (Å²) >= 11 is 0. The van der Waals surface area contributed by atoms with Crippen LogP contribution in [0.15, 0.2) is 29.3 Å². The maximum absolute atomic E-state index is 11.7. The molecule has 0 aliphatic rings. The summed E-state index contributed by atoms with van der Waals surface area (Å²) in [5.74, 6) is 0.743. The first-order valence-corrected chi connectivity index (χ1v) is 8.09. The van der Waals surface area contributed by atoms with Crippen LogP contribution in [0.4, 0.5) is 0 Å². The highest BCUT2D eigenvalue weighted by Crippen LogP contribution is 2.05. The zero-order valence-electron chi connectivity index (χ0n) is 14.7. The molecule has 0 aliphatic heterocycles. The van der Waals surface area contributed by atoms with Gasteiger partial charge in [-0.1, -0.05) is 12.1 Å². The van der Waals surface area contributed by atoms with Crippen LogP contribution >= 0.6 is 24.0 Å². The predicted octanol–water partition coefficient (Wildman–Crippen LogP) is 2.15. The number of benzene rings is 1. The number of methoxy groups -OCH3 is 1. The summed E-state index contributed by atoms with van der Waals surface area (Å²) in [4.78, 5) is 16.3. The molecule has 1 rings (SSSR count). The molecule has 136 valence electrons. The van der Waals surface area contributed by atoms with Crippen LogP contribution in [0.2, 0.25) is 0 Å². The summed E-state index contributed by atoms with van der Waals surface area (Å²) in [6.07, 6.45) is 0.933. The van der Waals surface area contributed by atoms with Gasteiger partial charge in [-0.25, -0.2) is 4.99 Å².